The van der Waals surface area contributed by atoms with Crippen molar-refractivity contribution in [3.05, 3.63) is 12.4 Å². The predicted molar refractivity (Wildman–Crippen MR) is 65.8 cm³/mol. The van der Waals surface area contributed by atoms with Crippen LogP contribution >= 0.6 is 0 Å². The van der Waals surface area contributed by atoms with E-state index < -0.39 is 24.2 Å². The van der Waals surface area contributed by atoms with Crippen LogP contribution in [0.25, 0.3) is 0 Å². The van der Waals surface area contributed by atoms with Crippen LogP contribution in [0.4, 0.5) is 19.5 Å². The van der Waals surface area contributed by atoms with E-state index in [1.165, 1.54) is 12.4 Å². The van der Waals surface area contributed by atoms with Crippen molar-refractivity contribution in [3.8, 4) is 0 Å². The lowest BCUT2D eigenvalue weighted by Gasteiger charge is -2.28. The summed E-state index contributed by atoms with van der Waals surface area (Å²) in [4.78, 5) is 18.3. The molecule has 19 heavy (non-hydrogen) atoms. The number of hydrogen-bond donors (Lipinski definition) is 2. The minimum absolute atomic E-state index is 0.176. The van der Waals surface area contributed by atoms with Gasteiger partial charge in [0.25, 0.3) is 5.92 Å². The molecule has 0 bridgehead atoms. The topological polar surface area (TPSA) is 70.2 Å². The second-order valence-corrected chi connectivity index (χ2v) is 5.19. The molecule has 0 spiro atoms. The summed E-state index contributed by atoms with van der Waals surface area (Å²) in [7, 11) is 0. The van der Waals surface area contributed by atoms with Crippen molar-refractivity contribution in [1.29, 1.82) is 0 Å². The van der Waals surface area contributed by atoms with Gasteiger partial charge in [-0.1, -0.05) is 0 Å². The molecule has 0 atom stereocenters. The maximum Gasteiger partial charge on any atom is 0.429 e. The third-order valence-electron chi connectivity index (χ3n) is 1.79. The Bertz CT molecular complexity index is 409. The van der Waals surface area contributed by atoms with Crippen LogP contribution in [-0.2, 0) is 4.74 Å². The number of amides is 1. The minimum atomic E-state index is -3.06. The lowest BCUT2D eigenvalue weighted by molar-refractivity contribution is -0.0239. The molecule has 0 aliphatic carbocycles. The Balaban J connectivity index is 2.77. The van der Waals surface area contributed by atoms with Gasteiger partial charge in [0.1, 0.15) is 12.1 Å². The van der Waals surface area contributed by atoms with Crippen molar-refractivity contribution in [2.75, 3.05) is 12.0 Å². The highest BCUT2D eigenvalue weighted by molar-refractivity contribution is 5.69. The summed E-state index contributed by atoms with van der Waals surface area (Å²) in [5.41, 5.74) is 1.68. The van der Waals surface area contributed by atoms with Crippen molar-refractivity contribution in [2.45, 2.75) is 39.2 Å². The molecule has 1 rings (SSSR count). The van der Waals surface area contributed by atoms with E-state index in [-0.39, 0.29) is 5.95 Å². The maximum atomic E-state index is 13.1. The van der Waals surface area contributed by atoms with Crippen LogP contribution in [0.3, 0.4) is 0 Å². The van der Waals surface area contributed by atoms with Crippen LogP contribution in [0.15, 0.2) is 12.4 Å². The molecule has 0 unspecified atom stereocenters. The Kier molecular flexibility index (Phi) is 4.33. The zero-order valence-electron chi connectivity index (χ0n) is 11.3. The summed E-state index contributed by atoms with van der Waals surface area (Å²) in [6.45, 7) is 4.84. The third kappa shape index (κ3) is 6.03. The average molecular weight is 276 g/mol. The molecular formula is C11H18F2N4O2. The van der Waals surface area contributed by atoms with Gasteiger partial charge in [-0.3, -0.25) is 5.43 Å². The first-order valence-electron chi connectivity index (χ1n) is 5.71. The van der Waals surface area contributed by atoms with E-state index in [0.717, 1.165) is 0 Å². The highest BCUT2D eigenvalue weighted by Gasteiger charge is 2.31. The number of hydrazine groups is 1. The number of carbonyl (C=O) groups is 1. The van der Waals surface area contributed by atoms with Crippen molar-refractivity contribution in [3.63, 3.8) is 0 Å². The number of halogens is 2. The van der Waals surface area contributed by atoms with Gasteiger partial charge < -0.3 is 9.72 Å². The number of aromatic nitrogens is 2. The molecule has 0 fully saturated rings. The van der Waals surface area contributed by atoms with E-state index in [1.54, 1.807) is 20.8 Å². The smallest absolute Gasteiger partial charge is 0.429 e. The Labute approximate surface area is 110 Å². The van der Waals surface area contributed by atoms with Crippen LogP contribution in [0.5, 0.6) is 0 Å². The van der Waals surface area contributed by atoms with E-state index in [4.69, 9.17) is 4.74 Å². The lowest BCUT2D eigenvalue weighted by atomic mass is 10.2. The monoisotopic (exact) mass is 276 g/mol. The summed E-state index contributed by atoms with van der Waals surface area (Å²) in [5, 5.41) is 0.685. The standard InChI is InChI=1S/C11H18F2N4O2/c1-10(2,3)19-9(18)17(7-11(4,12)13)16-8-14-5-6-15-8/h5-6H,7H2,1-4H3,(H2,14,15,16). The Morgan fingerprint density at radius 1 is 1.47 bits per heavy atom. The van der Waals surface area contributed by atoms with Crippen molar-refractivity contribution in [2.24, 2.45) is 0 Å². The molecule has 0 aromatic carbocycles. The molecule has 0 aliphatic heterocycles. The van der Waals surface area contributed by atoms with Gasteiger partial charge in [0.2, 0.25) is 5.95 Å². The Hall–Kier alpha value is -1.86. The van der Waals surface area contributed by atoms with Gasteiger partial charge in [-0.2, -0.15) is 0 Å². The molecule has 6 nitrogen and oxygen atoms in total. The number of carbonyl (C=O) groups excluding carboxylic acids is 1. The summed E-state index contributed by atoms with van der Waals surface area (Å²) in [6, 6.07) is 0. The maximum absolute atomic E-state index is 13.1. The molecule has 1 aromatic rings. The fourth-order valence-electron chi connectivity index (χ4n) is 1.20. The van der Waals surface area contributed by atoms with Gasteiger partial charge in [0.05, 0.1) is 0 Å². The molecule has 1 amide bonds. The predicted octanol–water partition coefficient (Wildman–Crippen LogP) is 2.63. The molecule has 0 saturated carbocycles. The fraction of sp³-hybridized carbons (Fsp3) is 0.636. The fourth-order valence-corrected chi connectivity index (χ4v) is 1.20. The van der Waals surface area contributed by atoms with Gasteiger partial charge in [-0.25, -0.2) is 23.6 Å². The van der Waals surface area contributed by atoms with E-state index in [0.29, 0.717) is 11.9 Å². The quantitative estimate of drug-likeness (QED) is 0.829. The summed E-state index contributed by atoms with van der Waals surface area (Å²) in [5.74, 6) is -2.88. The third-order valence-corrected chi connectivity index (χ3v) is 1.79. The first-order valence-corrected chi connectivity index (χ1v) is 5.71. The minimum Gasteiger partial charge on any atom is -0.442 e. The number of imidazole rings is 1. The number of nitrogens with zero attached hydrogens (tertiary/aromatic N) is 2. The number of rotatable bonds is 4. The molecular weight excluding hydrogens is 258 g/mol. The normalized spacial score (nSPS) is 12.1. The molecule has 1 heterocycles. The van der Waals surface area contributed by atoms with Crippen molar-refractivity contribution < 1.29 is 18.3 Å². The Morgan fingerprint density at radius 2 is 2.11 bits per heavy atom. The van der Waals surface area contributed by atoms with Gasteiger partial charge in [-0.15, -0.1) is 0 Å². The number of hydrogen-bond acceptors (Lipinski definition) is 4. The second kappa shape index (κ2) is 5.41. The van der Waals surface area contributed by atoms with Crippen LogP contribution in [0.2, 0.25) is 0 Å². The average Bonchev–Trinajstić information content (AvgIpc) is 2.64. The van der Waals surface area contributed by atoms with Crippen LogP contribution in [-0.4, -0.2) is 39.1 Å². The van der Waals surface area contributed by atoms with Crippen LogP contribution < -0.4 is 5.43 Å². The van der Waals surface area contributed by atoms with E-state index in [2.05, 4.69) is 15.4 Å². The van der Waals surface area contributed by atoms with E-state index >= 15 is 0 Å². The zero-order valence-corrected chi connectivity index (χ0v) is 11.3. The molecule has 108 valence electrons. The number of H-pyrrole nitrogens is 1. The highest BCUT2D eigenvalue weighted by atomic mass is 19.3. The second-order valence-electron chi connectivity index (χ2n) is 5.19. The number of ether oxygens (including phenoxy) is 1. The van der Waals surface area contributed by atoms with Crippen LogP contribution in [0.1, 0.15) is 27.7 Å². The van der Waals surface area contributed by atoms with E-state index in [9.17, 15) is 13.6 Å². The summed E-state index contributed by atoms with van der Waals surface area (Å²) < 4.78 is 31.2. The number of nitrogens with one attached hydrogen (secondary N) is 2. The first kappa shape index (κ1) is 15.2. The zero-order chi connectivity index (χ0) is 14.7. The SMILES string of the molecule is CC(F)(F)CN(Nc1ncc[nH]1)C(=O)OC(C)(C)C. The number of anilines is 1. The van der Waals surface area contributed by atoms with Crippen LogP contribution in [0, 0.1) is 0 Å². The number of aromatic amines is 1. The van der Waals surface area contributed by atoms with Crippen molar-refractivity contribution in [1.82, 2.24) is 15.0 Å². The van der Waals surface area contributed by atoms with E-state index in [1.807, 2.05) is 0 Å². The Morgan fingerprint density at radius 3 is 2.53 bits per heavy atom. The molecule has 8 heteroatoms. The molecule has 0 saturated heterocycles. The lowest BCUT2D eigenvalue weighted by Crippen LogP contribution is -2.46. The van der Waals surface area contributed by atoms with Gasteiger partial charge in [0, 0.05) is 19.3 Å². The summed E-state index contributed by atoms with van der Waals surface area (Å²) >= 11 is 0. The van der Waals surface area contributed by atoms with Crippen molar-refractivity contribution >= 4 is 12.0 Å². The van der Waals surface area contributed by atoms with Gasteiger partial charge in [-0.05, 0) is 20.8 Å². The van der Waals surface area contributed by atoms with Gasteiger partial charge in [0.15, 0.2) is 0 Å². The summed E-state index contributed by atoms with van der Waals surface area (Å²) in [6.07, 6.45) is 2.03. The molecule has 2 N–H and O–H groups in total. The molecule has 0 aliphatic rings. The first-order chi connectivity index (χ1) is 8.57. The molecule has 1 aromatic heterocycles. The largest absolute Gasteiger partial charge is 0.442 e. The van der Waals surface area contributed by atoms with Gasteiger partial charge >= 0.3 is 6.09 Å². The number of alkyl halides is 2. The molecule has 0 radical (unpaired) electrons. The highest BCUT2D eigenvalue weighted by Crippen LogP contribution is 2.17.